The van der Waals surface area contributed by atoms with Crippen molar-refractivity contribution < 1.29 is 28.3 Å². The fraction of sp³-hybridized carbons (Fsp3) is 0.545. The summed E-state index contributed by atoms with van der Waals surface area (Å²) < 4.78 is 10.7. The molecule has 6 rings (SSSR count). The quantitative estimate of drug-likeness (QED) is 0.573. The molecule has 4 aliphatic rings. The molecule has 0 amide bonds. The SMILES string of the molecule is O=C(ON1CCC=C(c2nc(C3CC3)no2)C1)C(=O)ON1CCC=C(c2nc(C3CC3)no2)C1. The molecule has 0 aromatic carbocycles. The summed E-state index contributed by atoms with van der Waals surface area (Å²) in [6, 6.07) is 0. The fourth-order valence-electron chi connectivity index (χ4n) is 3.95. The van der Waals surface area contributed by atoms with Gasteiger partial charge in [-0.1, -0.05) is 22.5 Å². The summed E-state index contributed by atoms with van der Waals surface area (Å²) in [5.74, 6) is 0.866. The van der Waals surface area contributed by atoms with E-state index in [4.69, 9.17) is 18.7 Å². The summed E-state index contributed by atoms with van der Waals surface area (Å²) in [6.45, 7) is 1.40. The van der Waals surface area contributed by atoms with E-state index in [0.717, 1.165) is 36.8 Å². The highest BCUT2D eigenvalue weighted by molar-refractivity contribution is 6.29. The number of carbonyl (C=O) groups is 2. The van der Waals surface area contributed by atoms with Crippen LogP contribution in [0.4, 0.5) is 0 Å². The standard InChI is InChI=1S/C22H24N6O6/c29-21(33-27-9-1-3-15(11-27)19-23-17(25-31-19)13-5-6-13)22(30)34-28-10-2-4-16(12-28)20-24-18(26-32-20)14-7-8-14/h3-4,13-14H,1-2,5-12H2. The fourth-order valence-corrected chi connectivity index (χ4v) is 3.95. The van der Waals surface area contributed by atoms with E-state index in [9.17, 15) is 9.59 Å². The minimum atomic E-state index is -1.09. The Balaban J connectivity index is 1.01. The zero-order valence-electron chi connectivity index (χ0n) is 18.5. The summed E-state index contributed by atoms with van der Waals surface area (Å²) >= 11 is 0. The molecule has 4 heterocycles. The zero-order valence-corrected chi connectivity index (χ0v) is 18.5. The minimum Gasteiger partial charge on any atom is -0.359 e. The molecule has 178 valence electrons. The van der Waals surface area contributed by atoms with Crippen molar-refractivity contribution in [2.75, 3.05) is 26.2 Å². The third kappa shape index (κ3) is 4.64. The lowest BCUT2D eigenvalue weighted by atomic mass is 10.1. The van der Waals surface area contributed by atoms with Gasteiger partial charge in [0, 0.05) is 36.1 Å². The summed E-state index contributed by atoms with van der Waals surface area (Å²) in [6.07, 6.45) is 9.49. The van der Waals surface area contributed by atoms with Crippen molar-refractivity contribution >= 4 is 23.1 Å². The van der Waals surface area contributed by atoms with Gasteiger partial charge in [0.15, 0.2) is 11.6 Å². The van der Waals surface area contributed by atoms with Gasteiger partial charge in [-0.2, -0.15) is 9.97 Å². The maximum absolute atomic E-state index is 12.4. The lowest BCUT2D eigenvalue weighted by Gasteiger charge is -2.26. The molecule has 0 bridgehead atoms. The molecule has 0 unspecified atom stereocenters. The van der Waals surface area contributed by atoms with Crippen LogP contribution in [0.15, 0.2) is 21.2 Å². The molecule has 2 aromatic heterocycles. The summed E-state index contributed by atoms with van der Waals surface area (Å²) in [5.41, 5.74) is 1.53. The smallest absolute Gasteiger partial charge is 0.359 e. The van der Waals surface area contributed by atoms with E-state index < -0.39 is 11.9 Å². The molecule has 2 saturated carbocycles. The van der Waals surface area contributed by atoms with Crippen molar-refractivity contribution in [2.24, 2.45) is 0 Å². The van der Waals surface area contributed by atoms with Gasteiger partial charge >= 0.3 is 11.9 Å². The van der Waals surface area contributed by atoms with Crippen LogP contribution in [0, 0.1) is 0 Å². The Bertz CT molecular complexity index is 1070. The molecule has 2 fully saturated rings. The second-order valence-electron chi connectivity index (χ2n) is 8.98. The summed E-state index contributed by atoms with van der Waals surface area (Å²) in [4.78, 5) is 44.2. The third-order valence-corrected chi connectivity index (χ3v) is 6.14. The highest BCUT2D eigenvalue weighted by Gasteiger charge is 2.33. The van der Waals surface area contributed by atoms with Crippen LogP contribution in [0.3, 0.4) is 0 Å². The Kier molecular flexibility index (Phi) is 5.46. The van der Waals surface area contributed by atoms with E-state index in [1.807, 2.05) is 12.2 Å². The van der Waals surface area contributed by atoms with Gasteiger partial charge in [-0.15, -0.1) is 10.1 Å². The highest BCUT2D eigenvalue weighted by Crippen LogP contribution is 2.39. The Morgan fingerprint density at radius 1 is 0.765 bits per heavy atom. The van der Waals surface area contributed by atoms with Gasteiger partial charge in [0.25, 0.3) is 11.8 Å². The number of hydrogen-bond donors (Lipinski definition) is 0. The first kappa shape index (κ1) is 21.2. The van der Waals surface area contributed by atoms with E-state index in [2.05, 4.69) is 20.3 Å². The molecule has 0 radical (unpaired) electrons. The molecule has 12 nitrogen and oxygen atoms in total. The Labute approximate surface area is 194 Å². The monoisotopic (exact) mass is 468 g/mol. The largest absolute Gasteiger partial charge is 0.438 e. The molecular formula is C22H24N6O6. The highest BCUT2D eigenvalue weighted by atomic mass is 16.8. The number of nitrogens with zero attached hydrogens (tertiary/aromatic N) is 6. The second kappa shape index (κ2) is 8.76. The van der Waals surface area contributed by atoms with Crippen LogP contribution in [0.25, 0.3) is 11.1 Å². The van der Waals surface area contributed by atoms with Crippen molar-refractivity contribution in [2.45, 2.75) is 50.4 Å². The van der Waals surface area contributed by atoms with Crippen LogP contribution < -0.4 is 0 Å². The number of rotatable bonds is 6. The molecule has 0 N–H and O–H groups in total. The number of hydroxylamine groups is 4. The van der Waals surface area contributed by atoms with E-state index in [1.54, 1.807) is 0 Å². The number of aromatic nitrogens is 4. The van der Waals surface area contributed by atoms with Gasteiger partial charge in [0.2, 0.25) is 0 Å². The first-order valence-corrected chi connectivity index (χ1v) is 11.6. The van der Waals surface area contributed by atoms with E-state index in [0.29, 0.717) is 61.2 Å². The zero-order chi connectivity index (χ0) is 23.1. The van der Waals surface area contributed by atoms with Gasteiger partial charge in [0.1, 0.15) is 0 Å². The van der Waals surface area contributed by atoms with Crippen molar-refractivity contribution in [3.8, 4) is 0 Å². The molecule has 2 aliphatic heterocycles. The molecule has 0 saturated heterocycles. The van der Waals surface area contributed by atoms with Gasteiger partial charge in [0.05, 0.1) is 13.1 Å². The van der Waals surface area contributed by atoms with Crippen molar-refractivity contribution in [3.63, 3.8) is 0 Å². The second-order valence-corrected chi connectivity index (χ2v) is 8.98. The van der Waals surface area contributed by atoms with Crippen LogP contribution in [-0.2, 0) is 19.3 Å². The van der Waals surface area contributed by atoms with E-state index in [1.165, 1.54) is 10.1 Å². The van der Waals surface area contributed by atoms with Gasteiger partial charge in [-0.25, -0.2) is 9.59 Å². The van der Waals surface area contributed by atoms with Crippen molar-refractivity contribution in [1.29, 1.82) is 0 Å². The Morgan fingerprint density at radius 3 is 1.62 bits per heavy atom. The normalized spacial score (nSPS) is 21.6. The van der Waals surface area contributed by atoms with Gasteiger partial charge in [-0.05, 0) is 38.5 Å². The maximum Gasteiger partial charge on any atom is 0.438 e. The predicted molar refractivity (Wildman–Crippen MR) is 113 cm³/mol. The van der Waals surface area contributed by atoms with Gasteiger partial charge < -0.3 is 18.7 Å². The van der Waals surface area contributed by atoms with Crippen molar-refractivity contribution in [3.05, 3.63) is 35.6 Å². The Hall–Kier alpha value is -3.38. The lowest BCUT2D eigenvalue weighted by molar-refractivity contribution is -0.215. The molecule has 0 atom stereocenters. The summed E-state index contributed by atoms with van der Waals surface area (Å²) in [5, 5.41) is 10.8. The first-order valence-electron chi connectivity index (χ1n) is 11.6. The van der Waals surface area contributed by atoms with Crippen LogP contribution in [0.1, 0.15) is 73.8 Å². The van der Waals surface area contributed by atoms with Crippen LogP contribution in [0.5, 0.6) is 0 Å². The Morgan fingerprint density at radius 2 is 1.21 bits per heavy atom. The van der Waals surface area contributed by atoms with Gasteiger partial charge in [-0.3, -0.25) is 0 Å². The topological polar surface area (TPSA) is 137 Å². The average Bonchev–Trinajstić information content (AvgIpc) is 3.79. The predicted octanol–water partition coefficient (Wildman–Crippen LogP) is 2.00. The van der Waals surface area contributed by atoms with Crippen LogP contribution in [0.2, 0.25) is 0 Å². The van der Waals surface area contributed by atoms with Crippen molar-refractivity contribution in [1.82, 2.24) is 30.4 Å². The maximum atomic E-state index is 12.4. The molecular weight excluding hydrogens is 444 g/mol. The van der Waals surface area contributed by atoms with Crippen LogP contribution >= 0.6 is 0 Å². The number of carbonyl (C=O) groups excluding carboxylic acids is 2. The van der Waals surface area contributed by atoms with Crippen LogP contribution in [-0.4, -0.2) is 68.5 Å². The lowest BCUT2D eigenvalue weighted by Crippen LogP contribution is -2.39. The number of hydrogen-bond acceptors (Lipinski definition) is 12. The molecule has 12 heteroatoms. The first-order chi connectivity index (χ1) is 16.6. The average molecular weight is 468 g/mol. The molecule has 34 heavy (non-hydrogen) atoms. The molecule has 2 aromatic rings. The van der Waals surface area contributed by atoms with E-state index in [-0.39, 0.29) is 13.1 Å². The third-order valence-electron chi connectivity index (χ3n) is 6.14. The summed E-state index contributed by atoms with van der Waals surface area (Å²) in [7, 11) is 0. The minimum absolute atomic E-state index is 0.252. The molecule has 0 spiro atoms. The van der Waals surface area contributed by atoms with E-state index >= 15 is 0 Å². The molecule has 2 aliphatic carbocycles.